The van der Waals surface area contributed by atoms with Crippen LogP contribution in [-0.2, 0) is 16.3 Å². The van der Waals surface area contributed by atoms with E-state index in [4.69, 9.17) is 0 Å². The van der Waals surface area contributed by atoms with Crippen molar-refractivity contribution in [3.63, 3.8) is 0 Å². The molecule has 4 heteroatoms. The molecule has 0 unspecified atom stereocenters. The monoisotopic (exact) mass is 183 g/mol. The zero-order valence-electron chi connectivity index (χ0n) is 6.74. The summed E-state index contributed by atoms with van der Waals surface area (Å²) in [7, 11) is -2.97. The molecule has 0 atom stereocenters. The molecule has 0 N–H and O–H groups in total. The molecule has 0 saturated carbocycles. The molecule has 1 aliphatic heterocycles. The highest BCUT2D eigenvalue weighted by Crippen LogP contribution is 2.26. The molecule has 1 aliphatic rings. The maximum Gasteiger partial charge on any atom is 0.179 e. The van der Waals surface area contributed by atoms with Crippen LogP contribution >= 0.6 is 0 Å². The summed E-state index contributed by atoms with van der Waals surface area (Å²) in [6, 6.07) is 1.59. The number of fused-ring (bicyclic) bond motifs is 1. The van der Waals surface area contributed by atoms with Crippen molar-refractivity contribution in [1.82, 2.24) is 4.98 Å². The number of hydrogen-bond donors (Lipinski definition) is 0. The SMILES string of the molecule is Cc1nccc2c1CCS2(=O)=O. The number of sulfone groups is 1. The second-order valence-corrected chi connectivity index (χ2v) is 5.02. The lowest BCUT2D eigenvalue weighted by molar-refractivity contribution is 0.600. The Morgan fingerprint density at radius 2 is 2.25 bits per heavy atom. The van der Waals surface area contributed by atoms with Gasteiger partial charge < -0.3 is 0 Å². The lowest BCUT2D eigenvalue weighted by Crippen LogP contribution is -1.98. The number of nitrogens with zero attached hydrogens (tertiary/aromatic N) is 1. The minimum atomic E-state index is -2.97. The zero-order valence-corrected chi connectivity index (χ0v) is 7.56. The normalized spacial score (nSPS) is 19.1. The fourth-order valence-corrected chi connectivity index (χ4v) is 3.10. The Labute approximate surface area is 71.4 Å². The Balaban J connectivity index is 2.78. The predicted octanol–water partition coefficient (Wildman–Crippen LogP) is 0.720. The third-order valence-electron chi connectivity index (χ3n) is 2.18. The fraction of sp³-hybridized carbons (Fsp3) is 0.375. The van der Waals surface area contributed by atoms with E-state index in [2.05, 4.69) is 4.98 Å². The average Bonchev–Trinajstić information content (AvgIpc) is 2.30. The van der Waals surface area contributed by atoms with Crippen molar-refractivity contribution in [2.24, 2.45) is 0 Å². The van der Waals surface area contributed by atoms with Gasteiger partial charge >= 0.3 is 0 Å². The van der Waals surface area contributed by atoms with Crippen LogP contribution in [0.4, 0.5) is 0 Å². The highest BCUT2D eigenvalue weighted by atomic mass is 32.2. The first kappa shape index (κ1) is 7.73. The summed E-state index contributed by atoms with van der Waals surface area (Å²) >= 11 is 0. The number of hydrogen-bond acceptors (Lipinski definition) is 3. The topological polar surface area (TPSA) is 47.0 Å². The van der Waals surface area contributed by atoms with Crippen molar-refractivity contribution in [3.8, 4) is 0 Å². The van der Waals surface area contributed by atoms with E-state index in [1.807, 2.05) is 6.92 Å². The number of aryl methyl sites for hydroxylation is 1. The van der Waals surface area contributed by atoms with E-state index in [1.54, 1.807) is 12.3 Å². The largest absolute Gasteiger partial charge is 0.261 e. The molecule has 12 heavy (non-hydrogen) atoms. The van der Waals surface area contributed by atoms with Gasteiger partial charge in [-0.2, -0.15) is 0 Å². The van der Waals surface area contributed by atoms with Gasteiger partial charge in [-0.1, -0.05) is 0 Å². The van der Waals surface area contributed by atoms with Gasteiger partial charge in [0.15, 0.2) is 9.84 Å². The number of aromatic nitrogens is 1. The molecule has 0 bridgehead atoms. The second kappa shape index (κ2) is 2.29. The molecule has 0 radical (unpaired) electrons. The van der Waals surface area contributed by atoms with Crippen molar-refractivity contribution >= 4 is 9.84 Å². The van der Waals surface area contributed by atoms with Crippen LogP contribution in [0.3, 0.4) is 0 Å². The van der Waals surface area contributed by atoms with Gasteiger partial charge in [-0.25, -0.2) is 8.42 Å². The van der Waals surface area contributed by atoms with Crippen molar-refractivity contribution in [2.75, 3.05) is 5.75 Å². The summed E-state index contributed by atoms with van der Waals surface area (Å²) < 4.78 is 22.8. The van der Waals surface area contributed by atoms with Crippen molar-refractivity contribution < 1.29 is 8.42 Å². The van der Waals surface area contributed by atoms with Gasteiger partial charge in [-0.15, -0.1) is 0 Å². The molecule has 0 aromatic carbocycles. The van der Waals surface area contributed by atoms with E-state index in [0.29, 0.717) is 11.3 Å². The van der Waals surface area contributed by atoms with E-state index >= 15 is 0 Å². The quantitative estimate of drug-likeness (QED) is 0.595. The Morgan fingerprint density at radius 3 is 2.92 bits per heavy atom. The van der Waals surface area contributed by atoms with E-state index in [1.165, 1.54) is 0 Å². The molecule has 1 aromatic rings. The van der Waals surface area contributed by atoms with Crippen LogP contribution in [0.15, 0.2) is 17.2 Å². The van der Waals surface area contributed by atoms with Crippen LogP contribution in [0.25, 0.3) is 0 Å². The highest BCUT2D eigenvalue weighted by Gasteiger charge is 2.27. The molecule has 2 rings (SSSR count). The third-order valence-corrected chi connectivity index (χ3v) is 3.98. The number of rotatable bonds is 0. The smallest absolute Gasteiger partial charge is 0.179 e. The molecular weight excluding hydrogens is 174 g/mol. The Morgan fingerprint density at radius 1 is 1.50 bits per heavy atom. The van der Waals surface area contributed by atoms with Gasteiger partial charge in [0.2, 0.25) is 0 Å². The molecule has 2 heterocycles. The number of pyridine rings is 1. The van der Waals surface area contributed by atoms with Crippen LogP contribution in [0.2, 0.25) is 0 Å². The van der Waals surface area contributed by atoms with Crippen molar-refractivity contribution in [1.29, 1.82) is 0 Å². The van der Waals surface area contributed by atoms with Gasteiger partial charge in [0.25, 0.3) is 0 Å². The third kappa shape index (κ3) is 0.948. The van der Waals surface area contributed by atoms with Gasteiger partial charge in [0.05, 0.1) is 10.6 Å². The summed E-state index contributed by atoms with van der Waals surface area (Å²) in [5.41, 5.74) is 1.74. The van der Waals surface area contributed by atoms with Gasteiger partial charge in [0.1, 0.15) is 0 Å². The Hall–Kier alpha value is -0.900. The van der Waals surface area contributed by atoms with Crippen LogP contribution in [-0.4, -0.2) is 19.2 Å². The predicted molar refractivity (Wildman–Crippen MR) is 44.7 cm³/mol. The highest BCUT2D eigenvalue weighted by molar-refractivity contribution is 7.91. The molecule has 64 valence electrons. The van der Waals surface area contributed by atoms with E-state index in [-0.39, 0.29) is 5.75 Å². The summed E-state index contributed by atoms with van der Waals surface area (Å²) in [5, 5.41) is 0. The molecule has 0 amide bonds. The first-order valence-corrected chi connectivity index (χ1v) is 5.44. The molecule has 0 saturated heterocycles. The maximum atomic E-state index is 11.4. The molecule has 0 aliphatic carbocycles. The summed E-state index contributed by atoms with van der Waals surface area (Å²) in [5.74, 6) is 0.245. The molecule has 1 aromatic heterocycles. The first-order chi connectivity index (χ1) is 5.61. The van der Waals surface area contributed by atoms with Gasteiger partial charge in [0, 0.05) is 11.9 Å². The van der Waals surface area contributed by atoms with E-state index < -0.39 is 9.84 Å². The zero-order chi connectivity index (χ0) is 8.77. The summed E-state index contributed by atoms with van der Waals surface area (Å²) in [4.78, 5) is 4.53. The summed E-state index contributed by atoms with van der Waals surface area (Å²) in [6.45, 7) is 1.85. The van der Waals surface area contributed by atoms with Crippen LogP contribution < -0.4 is 0 Å². The second-order valence-electron chi connectivity index (χ2n) is 2.94. The van der Waals surface area contributed by atoms with E-state index in [0.717, 1.165) is 11.3 Å². The minimum Gasteiger partial charge on any atom is -0.261 e. The molecular formula is C8H9NO2S. The van der Waals surface area contributed by atoms with Crippen LogP contribution in [0.5, 0.6) is 0 Å². The minimum absolute atomic E-state index is 0.245. The maximum absolute atomic E-state index is 11.4. The molecule has 0 fully saturated rings. The Bertz CT molecular complexity index is 423. The molecule has 3 nitrogen and oxygen atoms in total. The van der Waals surface area contributed by atoms with Crippen LogP contribution in [0, 0.1) is 6.92 Å². The van der Waals surface area contributed by atoms with Crippen molar-refractivity contribution in [2.45, 2.75) is 18.2 Å². The standard InChI is InChI=1S/C8H9NO2S/c1-6-7-3-5-12(10,11)8(7)2-4-9-6/h2,4H,3,5H2,1H3. The first-order valence-electron chi connectivity index (χ1n) is 3.78. The Kier molecular flexibility index (Phi) is 1.48. The van der Waals surface area contributed by atoms with Crippen LogP contribution in [0.1, 0.15) is 11.3 Å². The summed E-state index contributed by atoms with van der Waals surface area (Å²) in [6.07, 6.45) is 2.17. The lowest BCUT2D eigenvalue weighted by Gasteiger charge is -1.99. The van der Waals surface area contributed by atoms with Gasteiger partial charge in [-0.3, -0.25) is 4.98 Å². The molecule has 0 spiro atoms. The lowest BCUT2D eigenvalue weighted by atomic mass is 10.2. The van der Waals surface area contributed by atoms with Gasteiger partial charge in [-0.05, 0) is 25.0 Å². The van der Waals surface area contributed by atoms with E-state index in [9.17, 15) is 8.42 Å². The fourth-order valence-electron chi connectivity index (χ4n) is 1.52. The van der Waals surface area contributed by atoms with Crippen molar-refractivity contribution in [3.05, 3.63) is 23.5 Å². The average molecular weight is 183 g/mol.